The van der Waals surface area contributed by atoms with Gasteiger partial charge < -0.3 is 16.5 Å². The highest BCUT2D eigenvalue weighted by molar-refractivity contribution is 6.05. The van der Waals surface area contributed by atoms with Gasteiger partial charge in [-0.2, -0.15) is 0 Å². The molecule has 1 rings (SSSR count). The zero-order valence-electron chi connectivity index (χ0n) is 15.1. The minimum absolute atomic E-state index is 0.285. The van der Waals surface area contributed by atoms with Gasteiger partial charge in [0, 0.05) is 31.0 Å². The van der Waals surface area contributed by atoms with Crippen molar-refractivity contribution in [3.63, 3.8) is 0 Å². The first-order valence-corrected chi connectivity index (χ1v) is 8.83. The van der Waals surface area contributed by atoms with Crippen LogP contribution in [-0.2, 0) is 0 Å². The Bertz CT molecular complexity index is 560. The number of aldehydes is 1. The van der Waals surface area contributed by atoms with Gasteiger partial charge in [0.25, 0.3) is 5.91 Å². The molecule has 0 aromatic heterocycles. The third kappa shape index (κ3) is 6.97. The number of nitrogens with zero attached hydrogens (tertiary/aromatic N) is 1. The van der Waals surface area contributed by atoms with E-state index in [4.69, 9.17) is 5.73 Å². The molecule has 0 aliphatic heterocycles. The summed E-state index contributed by atoms with van der Waals surface area (Å²) in [6, 6.07) is 5.24. The van der Waals surface area contributed by atoms with Crippen LogP contribution in [0.2, 0.25) is 0 Å². The number of carbonyl (C=O) groups is 2. The zero-order chi connectivity index (χ0) is 18.5. The summed E-state index contributed by atoms with van der Waals surface area (Å²) in [5.74, 6) is -0.285. The lowest BCUT2D eigenvalue weighted by molar-refractivity contribution is 0.0745. The highest BCUT2D eigenvalue weighted by atomic mass is 16.2. The lowest BCUT2D eigenvalue weighted by atomic mass is 10.0. The normalized spacial score (nSPS) is 10.2. The summed E-state index contributed by atoms with van der Waals surface area (Å²) in [7, 11) is 1.59. The summed E-state index contributed by atoms with van der Waals surface area (Å²) in [6.45, 7) is 5.07. The fraction of sp³-hybridized carbons (Fsp3) is 0.474. The number of rotatable bonds is 13. The zero-order valence-corrected chi connectivity index (χ0v) is 15.1. The van der Waals surface area contributed by atoms with Gasteiger partial charge in [0.2, 0.25) is 0 Å². The topological polar surface area (TPSA) is 87.5 Å². The monoisotopic (exact) mass is 346 g/mol. The molecule has 138 valence electrons. The molecular weight excluding hydrogens is 316 g/mol. The van der Waals surface area contributed by atoms with Crippen LogP contribution in [0.25, 0.3) is 0 Å². The van der Waals surface area contributed by atoms with Gasteiger partial charge in [-0.1, -0.05) is 44.4 Å². The van der Waals surface area contributed by atoms with Gasteiger partial charge >= 0.3 is 0 Å². The van der Waals surface area contributed by atoms with E-state index in [1.165, 1.54) is 30.5 Å². The standard InChI is InChI=1S/C19H30N4O2/c1-3-22-23(2)19(25)18-16(15-24)11-10-12-17(18)21-14-9-7-5-4-6-8-13-20/h3,10-12,15,21-22H,1,4-9,13-14,20H2,2H3. The Kier molecular flexibility index (Phi) is 10.0. The number of anilines is 1. The van der Waals surface area contributed by atoms with Crippen LogP contribution in [0, 0.1) is 0 Å². The predicted octanol–water partition coefficient (Wildman–Crippen LogP) is 2.93. The second-order valence-corrected chi connectivity index (χ2v) is 5.92. The number of nitrogens with two attached hydrogens (primary N) is 1. The lowest BCUT2D eigenvalue weighted by Crippen LogP contribution is -2.37. The van der Waals surface area contributed by atoms with E-state index in [0.29, 0.717) is 23.1 Å². The van der Waals surface area contributed by atoms with Crippen molar-refractivity contribution >= 4 is 17.9 Å². The second kappa shape index (κ2) is 12.1. The molecule has 0 saturated carbocycles. The van der Waals surface area contributed by atoms with Gasteiger partial charge in [-0.15, -0.1) is 0 Å². The van der Waals surface area contributed by atoms with Crippen molar-refractivity contribution in [2.45, 2.75) is 38.5 Å². The summed E-state index contributed by atoms with van der Waals surface area (Å²) < 4.78 is 0. The molecule has 0 spiro atoms. The predicted molar refractivity (Wildman–Crippen MR) is 103 cm³/mol. The molecule has 25 heavy (non-hydrogen) atoms. The number of hydrazine groups is 1. The van der Waals surface area contributed by atoms with E-state index in [2.05, 4.69) is 17.3 Å². The summed E-state index contributed by atoms with van der Waals surface area (Å²) in [6.07, 6.45) is 8.94. The van der Waals surface area contributed by atoms with Gasteiger partial charge in [-0.25, -0.2) is 0 Å². The first-order chi connectivity index (χ1) is 12.2. The maximum atomic E-state index is 12.6. The van der Waals surface area contributed by atoms with Crippen LogP contribution in [-0.4, -0.2) is 37.3 Å². The van der Waals surface area contributed by atoms with Gasteiger partial charge in [0.05, 0.1) is 5.56 Å². The molecule has 1 aromatic carbocycles. The van der Waals surface area contributed by atoms with Gasteiger partial charge in [-0.05, 0) is 25.5 Å². The minimum Gasteiger partial charge on any atom is -0.384 e. The quantitative estimate of drug-likeness (QED) is 0.290. The number of unbranched alkanes of at least 4 members (excludes halogenated alkanes) is 5. The fourth-order valence-electron chi connectivity index (χ4n) is 2.62. The summed E-state index contributed by atoms with van der Waals surface area (Å²) >= 11 is 0. The number of nitrogens with one attached hydrogen (secondary N) is 2. The number of hydrogen-bond acceptors (Lipinski definition) is 5. The van der Waals surface area contributed by atoms with Crippen LogP contribution in [0.4, 0.5) is 5.69 Å². The average molecular weight is 346 g/mol. The van der Waals surface area contributed by atoms with E-state index in [0.717, 1.165) is 32.4 Å². The summed E-state index contributed by atoms with van der Waals surface area (Å²) in [5, 5.41) is 4.59. The molecule has 0 bridgehead atoms. The molecule has 0 radical (unpaired) electrons. The van der Waals surface area contributed by atoms with Crippen LogP contribution < -0.4 is 16.5 Å². The summed E-state index contributed by atoms with van der Waals surface area (Å²) in [5.41, 5.74) is 9.62. The highest BCUT2D eigenvalue weighted by Crippen LogP contribution is 2.21. The van der Waals surface area contributed by atoms with Crippen molar-refractivity contribution in [2.24, 2.45) is 5.73 Å². The van der Waals surface area contributed by atoms with Crippen molar-refractivity contribution < 1.29 is 9.59 Å². The first kappa shape index (κ1) is 20.7. The number of hydrogen-bond donors (Lipinski definition) is 3. The van der Waals surface area contributed by atoms with Crippen LogP contribution in [0.3, 0.4) is 0 Å². The van der Waals surface area contributed by atoms with E-state index in [1.807, 2.05) is 6.07 Å². The Morgan fingerprint density at radius 3 is 2.52 bits per heavy atom. The van der Waals surface area contributed by atoms with Crippen molar-refractivity contribution in [1.29, 1.82) is 0 Å². The van der Waals surface area contributed by atoms with E-state index in [1.54, 1.807) is 19.2 Å². The largest absolute Gasteiger partial charge is 0.384 e. The second-order valence-electron chi connectivity index (χ2n) is 5.92. The van der Waals surface area contributed by atoms with E-state index < -0.39 is 0 Å². The van der Waals surface area contributed by atoms with Crippen molar-refractivity contribution in [3.05, 3.63) is 42.1 Å². The molecular formula is C19H30N4O2. The van der Waals surface area contributed by atoms with E-state index >= 15 is 0 Å². The molecule has 6 heteroatoms. The third-order valence-corrected chi connectivity index (χ3v) is 3.97. The van der Waals surface area contributed by atoms with E-state index in [9.17, 15) is 9.59 Å². The number of amides is 1. The maximum Gasteiger partial charge on any atom is 0.274 e. The molecule has 1 aromatic rings. The van der Waals surface area contributed by atoms with Crippen molar-refractivity contribution in [3.8, 4) is 0 Å². The molecule has 1 amide bonds. The molecule has 0 aliphatic rings. The van der Waals surface area contributed by atoms with Gasteiger partial charge in [0.1, 0.15) is 0 Å². The molecule has 0 heterocycles. The average Bonchev–Trinajstić information content (AvgIpc) is 2.63. The van der Waals surface area contributed by atoms with E-state index in [-0.39, 0.29) is 5.91 Å². The molecule has 6 nitrogen and oxygen atoms in total. The lowest BCUT2D eigenvalue weighted by Gasteiger charge is -2.20. The van der Waals surface area contributed by atoms with Crippen LogP contribution >= 0.6 is 0 Å². The molecule has 4 N–H and O–H groups in total. The smallest absolute Gasteiger partial charge is 0.274 e. The number of carbonyl (C=O) groups excluding carboxylic acids is 2. The van der Waals surface area contributed by atoms with Crippen molar-refractivity contribution in [2.75, 3.05) is 25.5 Å². The minimum atomic E-state index is -0.285. The Labute approximate surface area is 150 Å². The van der Waals surface area contributed by atoms with Crippen LogP contribution in [0.1, 0.15) is 59.2 Å². The Morgan fingerprint density at radius 2 is 1.88 bits per heavy atom. The molecule has 0 unspecified atom stereocenters. The first-order valence-electron chi connectivity index (χ1n) is 8.83. The Balaban J connectivity index is 2.62. The van der Waals surface area contributed by atoms with Gasteiger partial charge in [-0.3, -0.25) is 14.6 Å². The van der Waals surface area contributed by atoms with Crippen LogP contribution in [0.5, 0.6) is 0 Å². The number of benzene rings is 1. The Hall–Kier alpha value is -2.34. The molecule has 0 fully saturated rings. The maximum absolute atomic E-state index is 12.6. The fourth-order valence-corrected chi connectivity index (χ4v) is 2.62. The molecule has 0 saturated heterocycles. The van der Waals surface area contributed by atoms with Crippen molar-refractivity contribution in [1.82, 2.24) is 10.4 Å². The van der Waals surface area contributed by atoms with Crippen LogP contribution in [0.15, 0.2) is 31.0 Å². The van der Waals surface area contributed by atoms with Gasteiger partial charge in [0.15, 0.2) is 6.29 Å². The molecule has 0 atom stereocenters. The molecule has 0 aliphatic carbocycles. The summed E-state index contributed by atoms with van der Waals surface area (Å²) in [4.78, 5) is 23.9. The Morgan fingerprint density at radius 1 is 1.20 bits per heavy atom. The third-order valence-electron chi connectivity index (χ3n) is 3.97. The SMILES string of the molecule is C=CNN(C)C(=O)c1c(C=O)cccc1NCCCCCCCCN. The highest BCUT2D eigenvalue weighted by Gasteiger charge is 2.19.